The van der Waals surface area contributed by atoms with Gasteiger partial charge in [-0.2, -0.15) is 11.8 Å². The summed E-state index contributed by atoms with van der Waals surface area (Å²) in [4.78, 5) is 12.0. The van der Waals surface area contributed by atoms with Crippen LogP contribution in [0.2, 0.25) is 0 Å². The van der Waals surface area contributed by atoms with E-state index < -0.39 is 0 Å². The highest BCUT2D eigenvalue weighted by atomic mass is 32.2. The fourth-order valence-corrected chi connectivity index (χ4v) is 3.85. The van der Waals surface area contributed by atoms with Crippen molar-refractivity contribution < 1.29 is 4.79 Å². The minimum Gasteiger partial charge on any atom is -0.349 e. The average molecular weight is 309 g/mol. The average Bonchev–Trinajstić information content (AvgIpc) is 2.73. The summed E-state index contributed by atoms with van der Waals surface area (Å²) in [5.41, 5.74) is 0. The van der Waals surface area contributed by atoms with E-state index in [1.165, 1.54) is 19.3 Å². The Morgan fingerprint density at radius 2 is 2.33 bits per heavy atom. The summed E-state index contributed by atoms with van der Waals surface area (Å²) in [5, 5.41) is 14.9. The van der Waals surface area contributed by atoms with Gasteiger partial charge in [0, 0.05) is 43.5 Å². The number of nitrogens with one attached hydrogen (secondary N) is 2. The van der Waals surface area contributed by atoms with Gasteiger partial charge >= 0.3 is 0 Å². The number of aryl methyl sites for hydroxylation is 1. The Morgan fingerprint density at radius 3 is 3.19 bits per heavy atom. The number of rotatable bonds is 4. The maximum atomic E-state index is 12.0. The third-order valence-corrected chi connectivity index (χ3v) is 5.19. The molecule has 1 aromatic rings. The van der Waals surface area contributed by atoms with Crippen LogP contribution in [-0.2, 0) is 24.3 Å². The molecule has 0 aliphatic carbocycles. The molecule has 3 rings (SSSR count). The van der Waals surface area contributed by atoms with Crippen LogP contribution in [0.5, 0.6) is 0 Å². The number of nitrogens with zero attached hydrogens (tertiary/aromatic N) is 3. The lowest BCUT2D eigenvalue weighted by atomic mass is 10.2. The molecule has 0 bridgehead atoms. The van der Waals surface area contributed by atoms with E-state index in [-0.39, 0.29) is 5.91 Å². The summed E-state index contributed by atoms with van der Waals surface area (Å²) < 4.78 is 2.18. The number of hydrogen-bond donors (Lipinski definition) is 2. The molecule has 0 aromatic carbocycles. The van der Waals surface area contributed by atoms with Crippen LogP contribution in [0.25, 0.3) is 0 Å². The van der Waals surface area contributed by atoms with E-state index in [1.807, 2.05) is 11.8 Å². The summed E-state index contributed by atoms with van der Waals surface area (Å²) in [6.45, 7) is 2.47. The lowest BCUT2D eigenvalue weighted by molar-refractivity contribution is -0.121. The lowest BCUT2D eigenvalue weighted by Gasteiger charge is -2.22. The molecular weight excluding hydrogens is 286 g/mol. The first-order chi connectivity index (χ1) is 10.3. The molecule has 7 heteroatoms. The SMILES string of the molecule is O=C(CC1CSCCN1)NCc1nnc2n1CCCCC2. The van der Waals surface area contributed by atoms with Gasteiger partial charge in [-0.05, 0) is 12.8 Å². The zero-order valence-corrected chi connectivity index (χ0v) is 13.1. The van der Waals surface area contributed by atoms with Crippen molar-refractivity contribution in [1.82, 2.24) is 25.4 Å². The summed E-state index contributed by atoms with van der Waals surface area (Å²) >= 11 is 1.91. The number of carbonyl (C=O) groups excluding carboxylic acids is 1. The second kappa shape index (κ2) is 7.26. The highest BCUT2D eigenvalue weighted by Gasteiger charge is 2.18. The van der Waals surface area contributed by atoms with Crippen LogP contribution in [0.15, 0.2) is 0 Å². The number of hydrogen-bond acceptors (Lipinski definition) is 5. The predicted octanol–water partition coefficient (Wildman–Crippen LogP) is 0.716. The quantitative estimate of drug-likeness (QED) is 0.857. The lowest BCUT2D eigenvalue weighted by Crippen LogP contribution is -2.41. The van der Waals surface area contributed by atoms with Crippen LogP contribution in [0.3, 0.4) is 0 Å². The second-order valence-electron chi connectivity index (χ2n) is 5.70. The predicted molar refractivity (Wildman–Crippen MR) is 83.2 cm³/mol. The Hall–Kier alpha value is -1.08. The number of fused-ring (bicyclic) bond motifs is 1. The van der Waals surface area contributed by atoms with E-state index in [0.29, 0.717) is 19.0 Å². The first-order valence-electron chi connectivity index (χ1n) is 7.82. The van der Waals surface area contributed by atoms with Gasteiger partial charge in [0.2, 0.25) is 5.91 Å². The molecule has 21 heavy (non-hydrogen) atoms. The molecule has 2 N–H and O–H groups in total. The normalized spacial score (nSPS) is 22.4. The molecule has 1 aromatic heterocycles. The number of carbonyl (C=O) groups is 1. The zero-order valence-electron chi connectivity index (χ0n) is 12.3. The monoisotopic (exact) mass is 309 g/mol. The molecule has 2 aliphatic rings. The van der Waals surface area contributed by atoms with Crippen molar-refractivity contribution in [3.63, 3.8) is 0 Å². The van der Waals surface area contributed by atoms with Gasteiger partial charge in [-0.3, -0.25) is 4.79 Å². The van der Waals surface area contributed by atoms with E-state index in [4.69, 9.17) is 0 Å². The summed E-state index contributed by atoms with van der Waals surface area (Å²) in [6, 6.07) is 0.305. The van der Waals surface area contributed by atoms with Crippen molar-refractivity contribution in [2.45, 2.75) is 51.2 Å². The minimum atomic E-state index is 0.0981. The molecule has 1 amide bonds. The topological polar surface area (TPSA) is 71.8 Å². The highest BCUT2D eigenvalue weighted by Crippen LogP contribution is 2.14. The minimum absolute atomic E-state index is 0.0981. The second-order valence-corrected chi connectivity index (χ2v) is 6.85. The fraction of sp³-hybridized carbons (Fsp3) is 0.786. The van der Waals surface area contributed by atoms with E-state index >= 15 is 0 Å². The maximum absolute atomic E-state index is 12.0. The van der Waals surface area contributed by atoms with Gasteiger partial charge < -0.3 is 15.2 Å². The van der Waals surface area contributed by atoms with Gasteiger partial charge in [-0.15, -0.1) is 10.2 Å². The maximum Gasteiger partial charge on any atom is 0.221 e. The third-order valence-electron chi connectivity index (χ3n) is 4.06. The summed E-state index contributed by atoms with van der Waals surface area (Å²) in [7, 11) is 0. The molecule has 2 aliphatic heterocycles. The van der Waals surface area contributed by atoms with Gasteiger partial charge in [-0.1, -0.05) is 6.42 Å². The van der Waals surface area contributed by atoms with Crippen LogP contribution < -0.4 is 10.6 Å². The number of thioether (sulfide) groups is 1. The Morgan fingerprint density at radius 1 is 1.38 bits per heavy atom. The van der Waals surface area contributed by atoms with Crippen molar-refractivity contribution in [1.29, 1.82) is 0 Å². The Labute approximate surface area is 129 Å². The Kier molecular flexibility index (Phi) is 5.13. The van der Waals surface area contributed by atoms with Gasteiger partial charge in [-0.25, -0.2) is 0 Å². The van der Waals surface area contributed by atoms with E-state index in [1.54, 1.807) is 0 Å². The van der Waals surface area contributed by atoms with Crippen molar-refractivity contribution in [2.24, 2.45) is 0 Å². The van der Waals surface area contributed by atoms with Crippen molar-refractivity contribution in [3.05, 3.63) is 11.6 Å². The molecule has 1 atom stereocenters. The Balaban J connectivity index is 1.50. The zero-order chi connectivity index (χ0) is 14.5. The van der Waals surface area contributed by atoms with Crippen LogP contribution in [0.4, 0.5) is 0 Å². The Bertz CT molecular complexity index is 484. The van der Waals surface area contributed by atoms with Gasteiger partial charge in [0.15, 0.2) is 5.82 Å². The molecule has 116 valence electrons. The van der Waals surface area contributed by atoms with Gasteiger partial charge in [0.25, 0.3) is 0 Å². The molecule has 3 heterocycles. The molecule has 0 spiro atoms. The van der Waals surface area contributed by atoms with Crippen LogP contribution in [0.1, 0.15) is 37.3 Å². The van der Waals surface area contributed by atoms with Crippen LogP contribution in [0, 0.1) is 0 Å². The summed E-state index contributed by atoms with van der Waals surface area (Å²) in [6.07, 6.45) is 5.17. The van der Waals surface area contributed by atoms with Crippen LogP contribution >= 0.6 is 11.8 Å². The molecular formula is C14H23N5OS. The molecule has 1 fully saturated rings. The smallest absolute Gasteiger partial charge is 0.221 e. The van der Waals surface area contributed by atoms with Crippen molar-refractivity contribution >= 4 is 17.7 Å². The first kappa shape index (κ1) is 14.8. The standard InChI is InChI=1S/C14H23N5OS/c20-14(8-11-10-21-7-5-15-11)16-9-13-18-17-12-4-2-1-3-6-19(12)13/h11,15H,1-10H2,(H,16,20). The molecule has 1 saturated heterocycles. The van der Waals surface area contributed by atoms with Crippen LogP contribution in [-0.4, -0.2) is 44.8 Å². The third kappa shape index (κ3) is 3.97. The van der Waals surface area contributed by atoms with Crippen molar-refractivity contribution in [3.8, 4) is 0 Å². The largest absolute Gasteiger partial charge is 0.349 e. The number of aromatic nitrogens is 3. The molecule has 1 unspecified atom stereocenters. The van der Waals surface area contributed by atoms with Gasteiger partial charge in [0.05, 0.1) is 6.54 Å². The van der Waals surface area contributed by atoms with E-state index in [2.05, 4.69) is 25.4 Å². The molecule has 0 saturated carbocycles. The summed E-state index contributed by atoms with van der Waals surface area (Å²) in [5.74, 6) is 4.23. The molecule has 6 nitrogen and oxygen atoms in total. The van der Waals surface area contributed by atoms with Crippen molar-refractivity contribution in [2.75, 3.05) is 18.1 Å². The fourth-order valence-electron chi connectivity index (χ4n) is 2.90. The molecule has 0 radical (unpaired) electrons. The van der Waals surface area contributed by atoms with Gasteiger partial charge in [0.1, 0.15) is 5.82 Å². The van der Waals surface area contributed by atoms with E-state index in [9.17, 15) is 4.79 Å². The number of amides is 1. The van der Waals surface area contributed by atoms with E-state index in [0.717, 1.165) is 42.7 Å². The first-order valence-corrected chi connectivity index (χ1v) is 8.97. The highest BCUT2D eigenvalue weighted by molar-refractivity contribution is 7.99.